The molecule has 0 aliphatic heterocycles. The van der Waals surface area contributed by atoms with Crippen molar-refractivity contribution in [1.82, 2.24) is 4.90 Å². The van der Waals surface area contributed by atoms with Crippen LogP contribution >= 0.6 is 0 Å². The minimum Gasteiger partial charge on any atom is -0.462 e. The van der Waals surface area contributed by atoms with Crippen LogP contribution in [0.4, 0.5) is 0 Å². The van der Waals surface area contributed by atoms with E-state index in [1.54, 1.807) is 7.05 Å². The van der Waals surface area contributed by atoms with Gasteiger partial charge < -0.3 is 9.64 Å². The van der Waals surface area contributed by atoms with Crippen LogP contribution < -0.4 is 0 Å². The standard InChI is InChI=1S/C12H15NO3/c1-9-4-6-10(7-5-9)8-13(2)11(14)12(15)16-3/h4-7H,8H2,1-3H3. The number of carbonyl (C=O) groups is 2. The first kappa shape index (κ1) is 12.2. The Morgan fingerprint density at radius 3 is 2.31 bits per heavy atom. The Labute approximate surface area is 94.8 Å². The molecule has 1 amide bonds. The van der Waals surface area contributed by atoms with Crippen LogP contribution in [0.5, 0.6) is 0 Å². The number of aryl methyl sites for hydroxylation is 1. The molecule has 4 heteroatoms. The van der Waals surface area contributed by atoms with Crippen molar-refractivity contribution < 1.29 is 14.3 Å². The van der Waals surface area contributed by atoms with Gasteiger partial charge in [0.15, 0.2) is 0 Å². The lowest BCUT2D eigenvalue weighted by atomic mass is 10.1. The molecule has 0 aliphatic carbocycles. The van der Waals surface area contributed by atoms with E-state index in [-0.39, 0.29) is 0 Å². The van der Waals surface area contributed by atoms with Gasteiger partial charge in [0.25, 0.3) is 0 Å². The first-order valence-electron chi connectivity index (χ1n) is 4.93. The number of likely N-dealkylation sites (N-methyl/N-ethyl adjacent to an activating group) is 1. The first-order valence-corrected chi connectivity index (χ1v) is 4.93. The average molecular weight is 221 g/mol. The number of rotatable bonds is 2. The third kappa shape index (κ3) is 3.08. The van der Waals surface area contributed by atoms with E-state index >= 15 is 0 Å². The van der Waals surface area contributed by atoms with Crippen molar-refractivity contribution in [3.05, 3.63) is 35.4 Å². The van der Waals surface area contributed by atoms with Crippen LogP contribution in [-0.4, -0.2) is 30.9 Å². The molecular weight excluding hydrogens is 206 g/mol. The molecule has 4 nitrogen and oxygen atoms in total. The molecule has 0 heterocycles. The smallest absolute Gasteiger partial charge is 0.396 e. The van der Waals surface area contributed by atoms with Crippen molar-refractivity contribution in [3.63, 3.8) is 0 Å². The van der Waals surface area contributed by atoms with Crippen LogP contribution in [0.1, 0.15) is 11.1 Å². The Bertz CT molecular complexity index is 384. The molecule has 0 bridgehead atoms. The molecular formula is C12H15NO3. The monoisotopic (exact) mass is 221 g/mol. The van der Waals surface area contributed by atoms with Gasteiger partial charge in [-0.3, -0.25) is 4.79 Å². The Morgan fingerprint density at radius 2 is 1.81 bits per heavy atom. The summed E-state index contributed by atoms with van der Waals surface area (Å²) in [4.78, 5) is 23.7. The third-order valence-electron chi connectivity index (χ3n) is 2.25. The Hall–Kier alpha value is -1.84. The highest BCUT2D eigenvalue weighted by Gasteiger charge is 2.18. The Morgan fingerprint density at radius 1 is 1.25 bits per heavy atom. The zero-order valence-corrected chi connectivity index (χ0v) is 9.69. The fourth-order valence-corrected chi connectivity index (χ4v) is 1.28. The molecule has 1 aromatic carbocycles. The summed E-state index contributed by atoms with van der Waals surface area (Å²) in [6, 6.07) is 7.78. The molecule has 0 fully saturated rings. The SMILES string of the molecule is COC(=O)C(=O)N(C)Cc1ccc(C)cc1. The maximum atomic E-state index is 11.4. The second-order valence-corrected chi connectivity index (χ2v) is 3.64. The molecule has 0 saturated carbocycles. The molecule has 0 radical (unpaired) electrons. The van der Waals surface area contributed by atoms with Crippen LogP contribution in [-0.2, 0) is 20.9 Å². The molecule has 0 aliphatic rings. The second kappa shape index (κ2) is 5.30. The van der Waals surface area contributed by atoms with Crippen molar-refractivity contribution in [2.75, 3.05) is 14.2 Å². The Balaban J connectivity index is 2.64. The summed E-state index contributed by atoms with van der Waals surface area (Å²) in [5.41, 5.74) is 2.14. The molecule has 0 aromatic heterocycles. The highest BCUT2D eigenvalue weighted by atomic mass is 16.5. The Kier molecular flexibility index (Phi) is 4.05. The van der Waals surface area contributed by atoms with E-state index in [0.29, 0.717) is 6.54 Å². The van der Waals surface area contributed by atoms with Crippen LogP contribution in [0.2, 0.25) is 0 Å². The molecule has 0 atom stereocenters. The molecule has 0 N–H and O–H groups in total. The molecule has 0 spiro atoms. The van der Waals surface area contributed by atoms with Gasteiger partial charge in [-0.25, -0.2) is 4.79 Å². The molecule has 16 heavy (non-hydrogen) atoms. The van der Waals surface area contributed by atoms with E-state index in [2.05, 4.69) is 4.74 Å². The number of esters is 1. The lowest BCUT2D eigenvalue weighted by molar-refractivity contribution is -0.157. The van der Waals surface area contributed by atoms with E-state index in [1.807, 2.05) is 31.2 Å². The van der Waals surface area contributed by atoms with Gasteiger partial charge in [0.2, 0.25) is 0 Å². The summed E-state index contributed by atoms with van der Waals surface area (Å²) in [7, 11) is 2.76. The van der Waals surface area contributed by atoms with Gasteiger partial charge in [-0.1, -0.05) is 29.8 Å². The van der Waals surface area contributed by atoms with Gasteiger partial charge in [0.1, 0.15) is 0 Å². The van der Waals surface area contributed by atoms with E-state index < -0.39 is 11.9 Å². The van der Waals surface area contributed by atoms with Crippen LogP contribution in [0.3, 0.4) is 0 Å². The number of methoxy groups -OCH3 is 1. The van der Waals surface area contributed by atoms with Crippen molar-refractivity contribution >= 4 is 11.9 Å². The average Bonchev–Trinajstić information content (AvgIpc) is 2.30. The molecule has 0 saturated heterocycles. The summed E-state index contributed by atoms with van der Waals surface area (Å²) in [6.45, 7) is 2.39. The van der Waals surface area contributed by atoms with Gasteiger partial charge in [-0.2, -0.15) is 0 Å². The zero-order valence-electron chi connectivity index (χ0n) is 9.69. The van der Waals surface area contributed by atoms with E-state index in [1.165, 1.54) is 12.0 Å². The van der Waals surface area contributed by atoms with Crippen molar-refractivity contribution in [1.29, 1.82) is 0 Å². The summed E-state index contributed by atoms with van der Waals surface area (Å²) in [6.07, 6.45) is 0. The number of carbonyl (C=O) groups excluding carboxylic acids is 2. The van der Waals surface area contributed by atoms with Gasteiger partial charge in [0.05, 0.1) is 7.11 Å². The zero-order chi connectivity index (χ0) is 12.1. The number of nitrogens with zero attached hydrogens (tertiary/aromatic N) is 1. The second-order valence-electron chi connectivity index (χ2n) is 3.64. The maximum Gasteiger partial charge on any atom is 0.396 e. The van der Waals surface area contributed by atoms with E-state index in [9.17, 15) is 9.59 Å². The number of amides is 1. The third-order valence-corrected chi connectivity index (χ3v) is 2.25. The van der Waals surface area contributed by atoms with Gasteiger partial charge in [0, 0.05) is 13.6 Å². The molecule has 1 rings (SSSR count). The van der Waals surface area contributed by atoms with Gasteiger partial charge >= 0.3 is 11.9 Å². The van der Waals surface area contributed by atoms with Crippen LogP contribution in [0.25, 0.3) is 0 Å². The quantitative estimate of drug-likeness (QED) is 0.555. The van der Waals surface area contributed by atoms with Gasteiger partial charge in [-0.15, -0.1) is 0 Å². The summed E-state index contributed by atoms with van der Waals surface area (Å²) in [5, 5.41) is 0. The largest absolute Gasteiger partial charge is 0.462 e. The molecule has 0 unspecified atom stereocenters. The number of ether oxygens (including phenoxy) is 1. The van der Waals surface area contributed by atoms with E-state index in [0.717, 1.165) is 11.1 Å². The molecule has 86 valence electrons. The summed E-state index contributed by atoms with van der Waals surface area (Å²) < 4.78 is 4.36. The van der Waals surface area contributed by atoms with Crippen LogP contribution in [0, 0.1) is 6.92 Å². The predicted molar refractivity (Wildman–Crippen MR) is 59.7 cm³/mol. The number of hydrogen-bond donors (Lipinski definition) is 0. The highest BCUT2D eigenvalue weighted by Crippen LogP contribution is 2.06. The lowest BCUT2D eigenvalue weighted by Gasteiger charge is -2.15. The van der Waals surface area contributed by atoms with Crippen molar-refractivity contribution in [2.24, 2.45) is 0 Å². The normalized spacial score (nSPS) is 9.69. The highest BCUT2D eigenvalue weighted by molar-refractivity contribution is 6.32. The molecule has 1 aromatic rings. The van der Waals surface area contributed by atoms with Crippen LogP contribution in [0.15, 0.2) is 24.3 Å². The minimum atomic E-state index is -0.838. The minimum absolute atomic E-state index is 0.397. The van der Waals surface area contributed by atoms with Crippen molar-refractivity contribution in [3.8, 4) is 0 Å². The van der Waals surface area contributed by atoms with E-state index in [4.69, 9.17) is 0 Å². The number of hydrogen-bond acceptors (Lipinski definition) is 3. The fraction of sp³-hybridized carbons (Fsp3) is 0.333. The first-order chi connectivity index (χ1) is 7.54. The summed E-state index contributed by atoms with van der Waals surface area (Å²) in [5.74, 6) is -1.47. The predicted octanol–water partition coefficient (Wildman–Crippen LogP) is 1.13. The fourth-order valence-electron chi connectivity index (χ4n) is 1.28. The summed E-state index contributed by atoms with van der Waals surface area (Å²) >= 11 is 0. The lowest BCUT2D eigenvalue weighted by Crippen LogP contribution is -2.33. The topological polar surface area (TPSA) is 46.6 Å². The maximum absolute atomic E-state index is 11.4. The van der Waals surface area contributed by atoms with Gasteiger partial charge in [-0.05, 0) is 12.5 Å². The number of benzene rings is 1. The van der Waals surface area contributed by atoms with Crippen molar-refractivity contribution in [2.45, 2.75) is 13.5 Å².